The number of hydrogen-bond donors (Lipinski definition) is 1. The van der Waals surface area contributed by atoms with Gasteiger partial charge in [-0.2, -0.15) is 0 Å². The molecule has 0 aliphatic rings. The van der Waals surface area contributed by atoms with E-state index in [1.54, 1.807) is 14.0 Å². The molecule has 0 aromatic carbocycles. The first kappa shape index (κ1) is 17.9. The summed E-state index contributed by atoms with van der Waals surface area (Å²) >= 11 is 0. The van der Waals surface area contributed by atoms with Gasteiger partial charge in [0.15, 0.2) is 0 Å². The van der Waals surface area contributed by atoms with Crippen molar-refractivity contribution in [1.29, 1.82) is 0 Å². The molecule has 0 aliphatic heterocycles. The summed E-state index contributed by atoms with van der Waals surface area (Å²) in [4.78, 5) is 0. The first-order valence-electron chi connectivity index (χ1n) is 6.79. The zero-order chi connectivity index (χ0) is 14.5. The number of hydrogen-bond acceptors (Lipinski definition) is 3. The first-order chi connectivity index (χ1) is 8.09. The van der Waals surface area contributed by atoms with E-state index < -0.39 is 10.0 Å². The van der Waals surface area contributed by atoms with Crippen molar-refractivity contribution in [2.45, 2.75) is 65.3 Å². The maximum atomic E-state index is 12.4. The highest BCUT2D eigenvalue weighted by atomic mass is 32.2. The molecule has 0 aromatic rings. The van der Waals surface area contributed by atoms with E-state index in [1.165, 1.54) is 4.31 Å². The maximum Gasteiger partial charge on any atom is 0.217 e. The molecule has 4 nitrogen and oxygen atoms in total. The van der Waals surface area contributed by atoms with Crippen LogP contribution in [0.25, 0.3) is 0 Å². The molecule has 0 bridgehead atoms. The average molecular weight is 278 g/mol. The van der Waals surface area contributed by atoms with Crippen molar-refractivity contribution in [2.75, 3.05) is 13.6 Å². The largest absolute Gasteiger partial charge is 0.313 e. The van der Waals surface area contributed by atoms with Crippen molar-refractivity contribution in [3.63, 3.8) is 0 Å². The second-order valence-electron chi connectivity index (χ2n) is 5.91. The van der Waals surface area contributed by atoms with Gasteiger partial charge in [-0.1, -0.05) is 27.7 Å². The molecular weight excluding hydrogens is 248 g/mol. The van der Waals surface area contributed by atoms with Gasteiger partial charge in [0.2, 0.25) is 10.0 Å². The molecule has 0 fully saturated rings. The van der Waals surface area contributed by atoms with E-state index in [1.807, 2.05) is 20.8 Å². The van der Waals surface area contributed by atoms with E-state index in [0.29, 0.717) is 18.5 Å². The van der Waals surface area contributed by atoms with Crippen LogP contribution in [0, 0.1) is 5.92 Å². The number of nitrogens with one attached hydrogen (secondary N) is 1. The van der Waals surface area contributed by atoms with Gasteiger partial charge in [-0.25, -0.2) is 12.7 Å². The smallest absolute Gasteiger partial charge is 0.217 e. The molecule has 18 heavy (non-hydrogen) atoms. The van der Waals surface area contributed by atoms with Crippen LogP contribution >= 0.6 is 0 Å². The third-order valence-electron chi connectivity index (χ3n) is 3.16. The van der Waals surface area contributed by atoms with Crippen LogP contribution in [0.5, 0.6) is 0 Å². The Labute approximate surface area is 113 Å². The molecule has 0 radical (unpaired) electrons. The van der Waals surface area contributed by atoms with E-state index >= 15 is 0 Å². The van der Waals surface area contributed by atoms with Gasteiger partial charge < -0.3 is 5.32 Å². The van der Waals surface area contributed by atoms with Gasteiger partial charge in [0.05, 0.1) is 5.25 Å². The molecule has 0 aromatic heterocycles. The van der Waals surface area contributed by atoms with Gasteiger partial charge in [0.25, 0.3) is 0 Å². The Morgan fingerprint density at radius 1 is 1.06 bits per heavy atom. The van der Waals surface area contributed by atoms with Gasteiger partial charge in [0.1, 0.15) is 0 Å². The Kier molecular flexibility index (Phi) is 7.40. The van der Waals surface area contributed by atoms with E-state index in [4.69, 9.17) is 0 Å². The van der Waals surface area contributed by atoms with Crippen molar-refractivity contribution in [2.24, 2.45) is 5.92 Å². The molecule has 5 heteroatoms. The standard InChI is InChI=1S/C13H30N2O2S/c1-10(2)8-12(5)15(7)18(16,17)13(6)9-14-11(3)4/h10-14H,8-9H2,1-7H3. The molecule has 0 amide bonds. The van der Waals surface area contributed by atoms with Crippen LogP contribution in [-0.2, 0) is 10.0 Å². The summed E-state index contributed by atoms with van der Waals surface area (Å²) in [5.41, 5.74) is 0. The van der Waals surface area contributed by atoms with Crippen molar-refractivity contribution in [1.82, 2.24) is 9.62 Å². The lowest BCUT2D eigenvalue weighted by atomic mass is 10.1. The third-order valence-corrected chi connectivity index (χ3v) is 5.50. The number of sulfonamides is 1. The lowest BCUT2D eigenvalue weighted by molar-refractivity contribution is 0.333. The minimum absolute atomic E-state index is 0.0523. The monoisotopic (exact) mass is 278 g/mol. The van der Waals surface area contributed by atoms with Crippen LogP contribution in [0.4, 0.5) is 0 Å². The van der Waals surface area contributed by atoms with E-state index in [2.05, 4.69) is 19.2 Å². The van der Waals surface area contributed by atoms with Crippen molar-refractivity contribution in [3.8, 4) is 0 Å². The summed E-state index contributed by atoms with van der Waals surface area (Å²) in [7, 11) is -1.52. The SMILES string of the molecule is CC(C)CC(C)N(C)S(=O)(=O)C(C)CNC(C)C. The fraction of sp³-hybridized carbons (Fsp3) is 1.00. The lowest BCUT2D eigenvalue weighted by Gasteiger charge is -2.29. The van der Waals surface area contributed by atoms with Crippen molar-refractivity contribution >= 4 is 10.0 Å². The number of nitrogens with zero attached hydrogens (tertiary/aromatic N) is 1. The van der Waals surface area contributed by atoms with E-state index in [9.17, 15) is 8.42 Å². The summed E-state index contributed by atoms with van der Waals surface area (Å²) in [6, 6.07) is 0.359. The summed E-state index contributed by atoms with van der Waals surface area (Å²) in [5, 5.41) is 2.79. The van der Waals surface area contributed by atoms with Gasteiger partial charge >= 0.3 is 0 Å². The molecule has 0 spiro atoms. The van der Waals surface area contributed by atoms with Gasteiger partial charge in [-0.05, 0) is 26.2 Å². The lowest BCUT2D eigenvalue weighted by Crippen LogP contribution is -2.45. The average Bonchev–Trinajstić information content (AvgIpc) is 2.23. The minimum atomic E-state index is -3.21. The van der Waals surface area contributed by atoms with Crippen LogP contribution in [0.1, 0.15) is 48.0 Å². The highest BCUT2D eigenvalue weighted by molar-refractivity contribution is 7.89. The third kappa shape index (κ3) is 5.67. The van der Waals surface area contributed by atoms with Gasteiger partial charge in [-0.3, -0.25) is 0 Å². The molecule has 110 valence electrons. The highest BCUT2D eigenvalue weighted by Gasteiger charge is 2.29. The topological polar surface area (TPSA) is 49.4 Å². The quantitative estimate of drug-likeness (QED) is 0.739. The summed E-state index contributed by atoms with van der Waals surface area (Å²) in [6.45, 7) is 12.5. The number of rotatable bonds is 8. The van der Waals surface area contributed by atoms with Crippen LogP contribution in [0.15, 0.2) is 0 Å². The Morgan fingerprint density at radius 3 is 1.94 bits per heavy atom. The predicted octanol–water partition coefficient (Wildman–Crippen LogP) is 2.07. The molecule has 0 saturated heterocycles. The van der Waals surface area contributed by atoms with E-state index in [-0.39, 0.29) is 11.3 Å². The van der Waals surface area contributed by atoms with Crippen LogP contribution < -0.4 is 5.32 Å². The fourth-order valence-electron chi connectivity index (χ4n) is 1.87. The predicted molar refractivity (Wildman–Crippen MR) is 78.2 cm³/mol. The Morgan fingerprint density at radius 2 is 1.56 bits per heavy atom. The molecule has 0 rings (SSSR count). The van der Waals surface area contributed by atoms with Crippen LogP contribution in [0.3, 0.4) is 0 Å². The zero-order valence-corrected chi connectivity index (χ0v) is 13.7. The Balaban J connectivity index is 4.60. The summed E-state index contributed by atoms with van der Waals surface area (Å²) in [6.07, 6.45) is 0.889. The second-order valence-corrected chi connectivity index (χ2v) is 8.32. The molecule has 2 atom stereocenters. The van der Waals surface area contributed by atoms with Crippen LogP contribution in [0.2, 0.25) is 0 Å². The summed E-state index contributed by atoms with van der Waals surface area (Å²) < 4.78 is 26.2. The summed E-state index contributed by atoms with van der Waals surface area (Å²) in [5.74, 6) is 0.502. The van der Waals surface area contributed by atoms with Crippen LogP contribution in [-0.4, -0.2) is 43.6 Å². The maximum absolute atomic E-state index is 12.4. The van der Waals surface area contributed by atoms with Crippen molar-refractivity contribution in [3.05, 3.63) is 0 Å². The molecule has 0 aliphatic carbocycles. The molecule has 0 saturated carbocycles. The molecule has 2 unspecified atom stereocenters. The molecule has 1 N–H and O–H groups in total. The second kappa shape index (κ2) is 7.46. The normalized spacial score (nSPS) is 16.6. The van der Waals surface area contributed by atoms with Crippen molar-refractivity contribution < 1.29 is 8.42 Å². The van der Waals surface area contributed by atoms with Gasteiger partial charge in [0, 0.05) is 25.7 Å². The Hall–Kier alpha value is -0.130. The van der Waals surface area contributed by atoms with E-state index in [0.717, 1.165) is 6.42 Å². The highest BCUT2D eigenvalue weighted by Crippen LogP contribution is 2.16. The molecular formula is C13H30N2O2S. The minimum Gasteiger partial charge on any atom is -0.313 e. The molecule has 0 heterocycles. The first-order valence-corrected chi connectivity index (χ1v) is 8.29. The fourth-order valence-corrected chi connectivity index (χ4v) is 3.33. The van der Waals surface area contributed by atoms with Gasteiger partial charge in [-0.15, -0.1) is 0 Å². The zero-order valence-electron chi connectivity index (χ0n) is 12.9. The Bertz CT molecular complexity index is 326.